The van der Waals surface area contributed by atoms with Crippen molar-refractivity contribution in [2.24, 2.45) is 0 Å². The van der Waals surface area contributed by atoms with E-state index in [-0.39, 0.29) is 23.0 Å². The van der Waals surface area contributed by atoms with E-state index >= 15 is 0 Å². The van der Waals surface area contributed by atoms with Crippen molar-refractivity contribution in [1.29, 1.82) is 5.26 Å². The van der Waals surface area contributed by atoms with Crippen LogP contribution in [0.15, 0.2) is 83.7 Å². The monoisotopic (exact) mass is 424 g/mol. The highest BCUT2D eigenvalue weighted by Crippen LogP contribution is 2.36. The summed E-state index contributed by atoms with van der Waals surface area (Å²) < 4.78 is 25.2. The van der Waals surface area contributed by atoms with Gasteiger partial charge in [-0.15, -0.1) is 0 Å². The van der Waals surface area contributed by atoms with Crippen molar-refractivity contribution in [2.75, 3.05) is 0 Å². The molecule has 0 saturated heterocycles. The second-order valence-corrected chi connectivity index (χ2v) is 7.49. The van der Waals surface area contributed by atoms with Crippen molar-refractivity contribution in [3.63, 3.8) is 0 Å². The third-order valence-corrected chi connectivity index (χ3v) is 5.46. The van der Waals surface area contributed by atoms with Gasteiger partial charge in [0.15, 0.2) is 11.6 Å². The van der Waals surface area contributed by atoms with E-state index in [0.29, 0.717) is 18.7 Å². The molecule has 0 atom stereocenters. The van der Waals surface area contributed by atoms with Crippen LogP contribution >= 0.6 is 0 Å². The predicted octanol–water partition coefficient (Wildman–Crippen LogP) is 5.91. The molecule has 32 heavy (non-hydrogen) atoms. The van der Waals surface area contributed by atoms with Crippen LogP contribution in [0.4, 0.5) is 4.39 Å². The molecule has 0 aliphatic carbocycles. The normalized spacial score (nSPS) is 12.5. The van der Waals surface area contributed by atoms with Crippen LogP contribution in [0.3, 0.4) is 0 Å². The third kappa shape index (κ3) is 3.50. The smallest absolute Gasteiger partial charge is 0.258 e. The number of halogens is 1. The second-order valence-electron chi connectivity index (χ2n) is 7.49. The zero-order valence-electron chi connectivity index (χ0n) is 16.9. The Morgan fingerprint density at radius 3 is 2.59 bits per heavy atom. The molecule has 1 amide bonds. The number of hydrogen-bond donors (Lipinski definition) is 0. The van der Waals surface area contributed by atoms with E-state index in [1.807, 2.05) is 42.5 Å². The second kappa shape index (κ2) is 8.05. The predicted molar refractivity (Wildman–Crippen MR) is 115 cm³/mol. The molecular formula is C26H17FN2O3. The number of furan rings is 1. The lowest BCUT2D eigenvalue weighted by Crippen LogP contribution is -2.23. The number of nitrogens with zero attached hydrogens (tertiary/aromatic N) is 2. The molecule has 3 aromatic carbocycles. The molecule has 0 N–H and O–H groups in total. The molecule has 2 heterocycles. The summed E-state index contributed by atoms with van der Waals surface area (Å²) in [6, 6.07) is 21.1. The summed E-state index contributed by atoms with van der Waals surface area (Å²) >= 11 is 0. The molecule has 5 nitrogen and oxygen atoms in total. The summed E-state index contributed by atoms with van der Waals surface area (Å²) in [7, 11) is 0. The number of carbonyl (C=O) groups is 1. The highest BCUT2D eigenvalue weighted by Gasteiger charge is 2.31. The number of nitriles is 1. The van der Waals surface area contributed by atoms with Gasteiger partial charge in [0.25, 0.3) is 5.91 Å². The summed E-state index contributed by atoms with van der Waals surface area (Å²) in [5, 5.41) is 9.28. The highest BCUT2D eigenvalue weighted by atomic mass is 19.1. The van der Waals surface area contributed by atoms with E-state index < -0.39 is 5.82 Å². The van der Waals surface area contributed by atoms with Gasteiger partial charge in [-0.05, 0) is 41.0 Å². The van der Waals surface area contributed by atoms with Crippen molar-refractivity contribution < 1.29 is 18.3 Å². The SMILES string of the molecule is N#Cc1cccc(F)c1Oc1cccc2c1C(=O)N(Cc1ccc(-c3ccoc3)cc1)C2. The lowest BCUT2D eigenvalue weighted by Gasteiger charge is -2.16. The van der Waals surface area contributed by atoms with Crippen molar-refractivity contribution >= 4 is 5.91 Å². The Morgan fingerprint density at radius 2 is 1.84 bits per heavy atom. The van der Waals surface area contributed by atoms with Crippen molar-refractivity contribution in [3.05, 3.63) is 107 Å². The average Bonchev–Trinajstić information content (AvgIpc) is 3.45. The number of rotatable bonds is 5. The third-order valence-electron chi connectivity index (χ3n) is 5.46. The first kappa shape index (κ1) is 19.6. The molecule has 5 rings (SSSR count). The lowest BCUT2D eigenvalue weighted by atomic mass is 10.1. The highest BCUT2D eigenvalue weighted by molar-refractivity contribution is 6.01. The zero-order chi connectivity index (χ0) is 22.1. The molecule has 0 unspecified atom stereocenters. The molecule has 1 aliphatic rings. The first-order chi connectivity index (χ1) is 15.6. The standard InChI is InChI=1S/C26H17FN2O3/c27-22-5-1-3-19(13-28)25(22)32-23-6-2-4-20-15-29(26(30)24(20)23)14-17-7-9-18(10-8-17)21-11-12-31-16-21/h1-12,16H,14-15H2. The molecule has 0 saturated carbocycles. The summed E-state index contributed by atoms with van der Waals surface area (Å²) in [6.45, 7) is 0.860. The summed E-state index contributed by atoms with van der Waals surface area (Å²) in [5.74, 6) is -0.776. The van der Waals surface area contributed by atoms with E-state index in [2.05, 4.69) is 0 Å². The maximum Gasteiger partial charge on any atom is 0.258 e. The number of para-hydroxylation sites is 1. The number of carbonyl (C=O) groups excluding carboxylic acids is 1. The molecule has 1 aliphatic heterocycles. The molecule has 0 bridgehead atoms. The van der Waals surface area contributed by atoms with Gasteiger partial charge in [0.2, 0.25) is 0 Å². The molecule has 156 valence electrons. The Bertz CT molecular complexity index is 1340. The molecule has 0 radical (unpaired) electrons. The van der Waals surface area contributed by atoms with Crippen molar-refractivity contribution in [3.8, 4) is 28.7 Å². The summed E-state index contributed by atoms with van der Waals surface area (Å²) in [6.07, 6.45) is 3.31. The van der Waals surface area contributed by atoms with Crippen LogP contribution in [0.25, 0.3) is 11.1 Å². The minimum atomic E-state index is -0.651. The molecule has 0 fully saturated rings. The number of benzene rings is 3. The van der Waals surface area contributed by atoms with Crippen molar-refractivity contribution in [2.45, 2.75) is 13.1 Å². The topological polar surface area (TPSA) is 66.5 Å². The largest absolute Gasteiger partial charge is 0.472 e. The maximum absolute atomic E-state index is 14.3. The molecular weight excluding hydrogens is 407 g/mol. The van der Waals surface area contributed by atoms with E-state index in [4.69, 9.17) is 9.15 Å². The van der Waals surface area contributed by atoms with Gasteiger partial charge in [0, 0.05) is 18.7 Å². The van der Waals surface area contributed by atoms with Gasteiger partial charge < -0.3 is 14.1 Å². The number of fused-ring (bicyclic) bond motifs is 1. The van der Waals surface area contributed by atoms with Crippen LogP contribution in [0, 0.1) is 17.1 Å². The van der Waals surface area contributed by atoms with Crippen molar-refractivity contribution in [1.82, 2.24) is 4.90 Å². The fraction of sp³-hybridized carbons (Fsp3) is 0.0769. The Morgan fingerprint density at radius 1 is 1.03 bits per heavy atom. The minimum absolute atomic E-state index is 0.0719. The van der Waals surface area contributed by atoms with Crippen LogP contribution < -0.4 is 4.74 Å². The Hall–Kier alpha value is -4.37. The Balaban J connectivity index is 1.38. The Labute approximate surface area is 183 Å². The van der Waals surface area contributed by atoms with Gasteiger partial charge in [-0.1, -0.05) is 42.5 Å². The van der Waals surface area contributed by atoms with Gasteiger partial charge >= 0.3 is 0 Å². The van der Waals surface area contributed by atoms with Crippen LogP contribution in [-0.4, -0.2) is 10.8 Å². The minimum Gasteiger partial charge on any atom is -0.472 e. The van der Waals surface area contributed by atoms with E-state index in [1.165, 1.54) is 18.2 Å². The number of ether oxygens (including phenoxy) is 1. The Kier molecular flexibility index (Phi) is 4.92. The van der Waals surface area contributed by atoms with Gasteiger partial charge in [-0.25, -0.2) is 4.39 Å². The molecule has 6 heteroatoms. The van der Waals surface area contributed by atoms with E-state index in [1.54, 1.807) is 29.6 Å². The first-order valence-corrected chi connectivity index (χ1v) is 10.0. The van der Waals surface area contributed by atoms with Gasteiger partial charge in [-0.2, -0.15) is 5.26 Å². The number of hydrogen-bond acceptors (Lipinski definition) is 4. The van der Waals surface area contributed by atoms with Crippen LogP contribution in [0.5, 0.6) is 11.5 Å². The quantitative estimate of drug-likeness (QED) is 0.400. The van der Waals surface area contributed by atoms with Gasteiger partial charge in [0.1, 0.15) is 11.8 Å². The van der Waals surface area contributed by atoms with Gasteiger partial charge in [-0.3, -0.25) is 4.79 Å². The summed E-state index contributed by atoms with van der Waals surface area (Å²) in [4.78, 5) is 14.9. The van der Waals surface area contributed by atoms with Crippen LogP contribution in [0.1, 0.15) is 27.0 Å². The van der Waals surface area contributed by atoms with E-state index in [9.17, 15) is 14.4 Å². The van der Waals surface area contributed by atoms with Crippen LogP contribution in [-0.2, 0) is 13.1 Å². The fourth-order valence-electron chi connectivity index (χ4n) is 3.86. The van der Waals surface area contributed by atoms with E-state index in [0.717, 1.165) is 22.3 Å². The molecule has 4 aromatic rings. The fourth-order valence-corrected chi connectivity index (χ4v) is 3.86. The lowest BCUT2D eigenvalue weighted by molar-refractivity contribution is 0.0765. The molecule has 1 aromatic heterocycles. The number of amides is 1. The maximum atomic E-state index is 14.3. The summed E-state index contributed by atoms with van der Waals surface area (Å²) in [5.41, 5.74) is 4.29. The zero-order valence-corrected chi connectivity index (χ0v) is 16.9. The van der Waals surface area contributed by atoms with Gasteiger partial charge in [0.05, 0.1) is 23.7 Å². The van der Waals surface area contributed by atoms with Crippen LogP contribution in [0.2, 0.25) is 0 Å². The average molecular weight is 424 g/mol. The first-order valence-electron chi connectivity index (χ1n) is 10.0. The molecule has 0 spiro atoms.